The fourth-order valence-corrected chi connectivity index (χ4v) is 6.09. The number of aryl methyl sites for hydroxylation is 1. The van der Waals surface area contributed by atoms with Crippen LogP contribution < -0.4 is 5.32 Å². The zero-order valence-corrected chi connectivity index (χ0v) is 19.7. The average Bonchev–Trinajstić information content (AvgIpc) is 3.20. The third kappa shape index (κ3) is 6.25. The molecule has 1 fully saturated rings. The van der Waals surface area contributed by atoms with Gasteiger partial charge in [0.05, 0.1) is 17.3 Å². The molecule has 12 heteroatoms. The number of thioether (sulfide) groups is 1. The number of piperidine rings is 1. The molecule has 1 aliphatic heterocycles. The third-order valence-corrected chi connectivity index (χ3v) is 8.60. The number of carbonyl (C=O) groups is 2. The first kappa shape index (κ1) is 23.6. The number of hydrogen-bond acceptors (Lipinski definition) is 9. The van der Waals surface area contributed by atoms with Gasteiger partial charge >= 0.3 is 5.97 Å². The molecule has 0 aliphatic carbocycles. The first-order valence-electron chi connectivity index (χ1n) is 9.79. The molecule has 1 amide bonds. The molecule has 168 valence electrons. The van der Waals surface area contributed by atoms with Crippen LogP contribution in [-0.2, 0) is 24.3 Å². The Kier molecular flexibility index (Phi) is 8.03. The van der Waals surface area contributed by atoms with Crippen LogP contribution in [-0.4, -0.2) is 60.2 Å². The quantitative estimate of drug-likeness (QED) is 0.345. The predicted octanol–water partition coefficient (Wildman–Crippen LogP) is 2.54. The lowest BCUT2D eigenvalue weighted by Crippen LogP contribution is -2.41. The maximum atomic E-state index is 12.8. The summed E-state index contributed by atoms with van der Waals surface area (Å²) in [6.45, 7) is 4.53. The zero-order valence-electron chi connectivity index (χ0n) is 17.2. The van der Waals surface area contributed by atoms with E-state index in [9.17, 15) is 18.0 Å². The van der Waals surface area contributed by atoms with Gasteiger partial charge in [-0.3, -0.25) is 9.59 Å². The fraction of sp³-hybridized carbons (Fsp3) is 0.474. The Morgan fingerprint density at radius 1 is 1.23 bits per heavy atom. The number of aromatic nitrogens is 2. The van der Waals surface area contributed by atoms with Gasteiger partial charge in [-0.15, -0.1) is 10.2 Å². The Morgan fingerprint density at radius 3 is 2.55 bits per heavy atom. The summed E-state index contributed by atoms with van der Waals surface area (Å²) in [4.78, 5) is 24.2. The van der Waals surface area contributed by atoms with E-state index in [-0.39, 0.29) is 41.5 Å². The molecule has 9 nitrogen and oxygen atoms in total. The van der Waals surface area contributed by atoms with E-state index in [2.05, 4.69) is 15.5 Å². The van der Waals surface area contributed by atoms with Crippen LogP contribution in [0.2, 0.25) is 0 Å². The lowest BCUT2D eigenvalue weighted by molar-refractivity contribution is -0.139. The SMILES string of the molecule is CCOC(=O)CSc1nnc(NC(=O)C2CCN(S(=O)(=O)c3ccc(C)cc3)CC2)s1. The van der Waals surface area contributed by atoms with Gasteiger partial charge in [-0.25, -0.2) is 8.42 Å². The van der Waals surface area contributed by atoms with Crippen molar-refractivity contribution in [2.75, 3.05) is 30.8 Å². The highest BCUT2D eigenvalue weighted by Gasteiger charge is 2.32. The molecule has 0 unspecified atom stereocenters. The van der Waals surface area contributed by atoms with Gasteiger partial charge in [0.2, 0.25) is 21.1 Å². The molecule has 1 aliphatic rings. The summed E-state index contributed by atoms with van der Waals surface area (Å²) in [5.74, 6) is -0.709. The van der Waals surface area contributed by atoms with E-state index >= 15 is 0 Å². The Labute approximate surface area is 189 Å². The lowest BCUT2D eigenvalue weighted by Gasteiger charge is -2.30. The second-order valence-corrected chi connectivity index (χ2v) is 11.1. The maximum absolute atomic E-state index is 12.8. The first-order valence-corrected chi connectivity index (χ1v) is 13.0. The monoisotopic (exact) mass is 484 g/mol. The minimum absolute atomic E-state index is 0.129. The number of amides is 1. The summed E-state index contributed by atoms with van der Waals surface area (Å²) in [6.07, 6.45) is 0.861. The van der Waals surface area contributed by atoms with Crippen molar-refractivity contribution in [2.45, 2.75) is 35.9 Å². The molecule has 1 saturated heterocycles. The number of nitrogens with one attached hydrogen (secondary N) is 1. The molecule has 1 aromatic carbocycles. The molecule has 0 radical (unpaired) electrons. The average molecular weight is 485 g/mol. The van der Waals surface area contributed by atoms with E-state index in [4.69, 9.17) is 4.74 Å². The number of ether oxygens (including phenoxy) is 1. The van der Waals surface area contributed by atoms with Crippen molar-refractivity contribution in [2.24, 2.45) is 5.92 Å². The summed E-state index contributed by atoms with van der Waals surface area (Å²) in [5.41, 5.74) is 0.994. The van der Waals surface area contributed by atoms with Crippen molar-refractivity contribution < 1.29 is 22.7 Å². The summed E-state index contributed by atoms with van der Waals surface area (Å²) >= 11 is 2.38. The number of esters is 1. The van der Waals surface area contributed by atoms with Crippen LogP contribution in [0, 0.1) is 12.8 Å². The van der Waals surface area contributed by atoms with Gasteiger partial charge < -0.3 is 10.1 Å². The minimum atomic E-state index is -3.56. The summed E-state index contributed by atoms with van der Waals surface area (Å²) in [6, 6.07) is 6.76. The number of nitrogens with zero attached hydrogens (tertiary/aromatic N) is 3. The van der Waals surface area contributed by atoms with Crippen LogP contribution >= 0.6 is 23.1 Å². The second kappa shape index (κ2) is 10.5. The van der Waals surface area contributed by atoms with Crippen LogP contribution in [0.3, 0.4) is 0 Å². The van der Waals surface area contributed by atoms with Gasteiger partial charge in [-0.2, -0.15) is 4.31 Å². The highest BCUT2D eigenvalue weighted by atomic mass is 32.2. The Bertz CT molecular complexity index is 1020. The van der Waals surface area contributed by atoms with E-state index in [1.54, 1.807) is 31.2 Å². The van der Waals surface area contributed by atoms with Gasteiger partial charge in [0.25, 0.3) is 0 Å². The van der Waals surface area contributed by atoms with Crippen LogP contribution in [0.4, 0.5) is 5.13 Å². The van der Waals surface area contributed by atoms with E-state index < -0.39 is 10.0 Å². The molecule has 2 heterocycles. The number of sulfonamides is 1. The number of benzene rings is 1. The molecule has 0 saturated carbocycles. The number of hydrogen-bond donors (Lipinski definition) is 1. The zero-order chi connectivity index (χ0) is 22.4. The van der Waals surface area contributed by atoms with E-state index in [1.165, 1.54) is 27.4 Å². The van der Waals surface area contributed by atoms with Crippen LogP contribution in [0.15, 0.2) is 33.5 Å². The van der Waals surface area contributed by atoms with E-state index in [1.807, 2.05) is 6.92 Å². The third-order valence-electron chi connectivity index (χ3n) is 4.74. The molecule has 2 aromatic rings. The Hall–Kier alpha value is -2.02. The minimum Gasteiger partial charge on any atom is -0.465 e. The van der Waals surface area contributed by atoms with Gasteiger partial charge in [-0.05, 0) is 38.8 Å². The Balaban J connectivity index is 1.50. The topological polar surface area (TPSA) is 119 Å². The molecule has 0 bridgehead atoms. The normalized spacial score (nSPS) is 15.5. The highest BCUT2D eigenvalue weighted by molar-refractivity contribution is 8.01. The lowest BCUT2D eigenvalue weighted by atomic mass is 9.97. The number of rotatable bonds is 8. The smallest absolute Gasteiger partial charge is 0.316 e. The van der Waals surface area contributed by atoms with Gasteiger partial charge in [0.15, 0.2) is 4.34 Å². The maximum Gasteiger partial charge on any atom is 0.316 e. The fourth-order valence-electron chi connectivity index (χ4n) is 3.07. The molecule has 1 N–H and O–H groups in total. The molecule has 31 heavy (non-hydrogen) atoms. The van der Waals surface area contributed by atoms with Gasteiger partial charge in [0.1, 0.15) is 0 Å². The summed E-state index contributed by atoms with van der Waals surface area (Å²) < 4.78 is 32.4. The van der Waals surface area contributed by atoms with Gasteiger partial charge in [0, 0.05) is 19.0 Å². The molecular weight excluding hydrogens is 460 g/mol. The molecular formula is C19H24N4O5S3. The summed E-state index contributed by atoms with van der Waals surface area (Å²) in [7, 11) is -3.56. The predicted molar refractivity (Wildman–Crippen MR) is 119 cm³/mol. The van der Waals surface area contributed by atoms with Crippen molar-refractivity contribution >= 4 is 50.1 Å². The highest BCUT2D eigenvalue weighted by Crippen LogP contribution is 2.28. The van der Waals surface area contributed by atoms with E-state index in [0.29, 0.717) is 28.9 Å². The number of anilines is 1. The van der Waals surface area contributed by atoms with Crippen molar-refractivity contribution in [1.29, 1.82) is 0 Å². The van der Waals surface area contributed by atoms with Crippen molar-refractivity contribution in [3.63, 3.8) is 0 Å². The molecule has 3 rings (SSSR count). The molecule has 0 atom stereocenters. The standard InChI is InChI=1S/C19H24N4O5S3/c1-3-28-16(24)12-29-19-22-21-18(30-19)20-17(25)14-8-10-23(11-9-14)31(26,27)15-6-4-13(2)5-7-15/h4-7,14H,3,8-12H2,1-2H3,(H,20,21,25). The number of carbonyl (C=O) groups excluding carboxylic acids is 2. The van der Waals surface area contributed by atoms with Crippen LogP contribution in [0.1, 0.15) is 25.3 Å². The molecule has 1 aromatic heterocycles. The van der Waals surface area contributed by atoms with E-state index in [0.717, 1.165) is 5.56 Å². The van der Waals surface area contributed by atoms with Crippen LogP contribution in [0.25, 0.3) is 0 Å². The van der Waals surface area contributed by atoms with Gasteiger partial charge in [-0.1, -0.05) is 40.8 Å². The first-order chi connectivity index (χ1) is 14.8. The Morgan fingerprint density at radius 2 is 1.90 bits per heavy atom. The van der Waals surface area contributed by atoms with Crippen LogP contribution in [0.5, 0.6) is 0 Å². The van der Waals surface area contributed by atoms with Crippen molar-refractivity contribution in [3.05, 3.63) is 29.8 Å². The second-order valence-electron chi connectivity index (χ2n) is 6.95. The van der Waals surface area contributed by atoms with Crippen molar-refractivity contribution in [1.82, 2.24) is 14.5 Å². The largest absolute Gasteiger partial charge is 0.465 e. The summed E-state index contributed by atoms with van der Waals surface area (Å²) in [5, 5.41) is 11.0. The molecule has 0 spiro atoms. The van der Waals surface area contributed by atoms with Crippen molar-refractivity contribution in [3.8, 4) is 0 Å².